The highest BCUT2D eigenvalue weighted by Crippen LogP contribution is 2.23. The summed E-state index contributed by atoms with van der Waals surface area (Å²) in [5.74, 6) is 3.89. The normalized spacial score (nSPS) is 15.3. The third-order valence-corrected chi connectivity index (χ3v) is 10.3. The van der Waals surface area contributed by atoms with Gasteiger partial charge in [0.2, 0.25) is 29.7 Å². The van der Waals surface area contributed by atoms with Crippen LogP contribution in [0.2, 0.25) is 0 Å². The summed E-state index contributed by atoms with van der Waals surface area (Å²) in [4.78, 5) is 52.5. The molecule has 5 rings (SSSR count). The molecule has 3 aromatic heterocycles. The maximum Gasteiger partial charge on any atom is 0.338 e. The quantitative estimate of drug-likeness (QED) is 0.0181. The van der Waals surface area contributed by atoms with Crippen LogP contribution in [0.25, 0.3) is 0 Å². The zero-order chi connectivity index (χ0) is 44.8. The molecule has 24 nitrogen and oxygen atoms in total. The SMILES string of the molecule is C#CCOCCOCCOCCNc1nc(N2CCN(C(=O)Cn3cc(CCC[NH+]=C(N)N)nn3)CC2)nc(N2CCN(C(=O)[C@H](CCCC[NH3+])n3cc(CC(C)O)nn3)CC2)n1. The van der Waals surface area contributed by atoms with Crippen LogP contribution >= 0.6 is 0 Å². The molecule has 63 heavy (non-hydrogen) atoms. The lowest BCUT2D eigenvalue weighted by molar-refractivity contribution is -0.459. The molecule has 2 aliphatic heterocycles. The molecule has 24 heteroatoms. The number of guanidine groups is 1. The summed E-state index contributed by atoms with van der Waals surface area (Å²) in [6.07, 6.45) is 12.3. The first-order valence-electron chi connectivity index (χ1n) is 21.7. The van der Waals surface area contributed by atoms with E-state index in [2.05, 4.69) is 52.4 Å². The summed E-state index contributed by atoms with van der Waals surface area (Å²) in [5, 5.41) is 30.0. The first-order valence-corrected chi connectivity index (χ1v) is 21.7. The van der Waals surface area contributed by atoms with E-state index in [4.69, 9.17) is 47.1 Å². The van der Waals surface area contributed by atoms with Crippen molar-refractivity contribution in [2.75, 3.05) is 127 Å². The van der Waals surface area contributed by atoms with Gasteiger partial charge in [0.05, 0.1) is 63.6 Å². The Balaban J connectivity index is 1.19. The molecule has 0 aromatic carbocycles. The number of nitrogens with zero attached hydrogens (tertiary/aromatic N) is 13. The van der Waals surface area contributed by atoms with Crippen LogP contribution in [-0.4, -0.2) is 195 Å². The van der Waals surface area contributed by atoms with Crippen LogP contribution in [-0.2, 0) is 43.2 Å². The molecule has 0 spiro atoms. The second kappa shape index (κ2) is 26.0. The number of ether oxygens (including phenoxy) is 3. The minimum absolute atomic E-state index is 0.0223. The van der Waals surface area contributed by atoms with Gasteiger partial charge in [0.15, 0.2) is 0 Å². The fraction of sp³-hybridized carbons (Fsp3) is 0.692. The Hall–Kier alpha value is -5.74. The highest BCUT2D eigenvalue weighted by molar-refractivity contribution is 5.80. The standard InChI is InChI=1S/C39H64N18O6/c1-3-20-61-22-24-63-25-23-62-21-11-44-37-45-38(54-16-12-52(13-17-54)34(59)29-56-27-31(48-50-56)7-6-10-43-36(41)42)47-39(46-37)55-18-14-53(15-19-55)35(60)33(8-4-5-9-40)57-28-32(49-51-57)26-30(2)58/h1,27-28,30,33,58H,4-26,29,40H2,2H3,(H4,41,42,43)(H,44,45,46,47)/p+2/t30?,33-/m0/s1. The minimum atomic E-state index is -0.564. The number of carbonyl (C=O) groups excluding carboxylic acids is 2. The summed E-state index contributed by atoms with van der Waals surface area (Å²) in [7, 11) is 0. The predicted octanol–water partition coefficient (Wildman–Crippen LogP) is -4.99. The lowest BCUT2D eigenvalue weighted by atomic mass is 10.1. The van der Waals surface area contributed by atoms with Crippen LogP contribution in [0, 0.1) is 12.3 Å². The Labute approximate surface area is 367 Å². The number of aliphatic hydroxyl groups excluding tert-OH is 1. The highest BCUT2D eigenvalue weighted by Gasteiger charge is 2.31. The van der Waals surface area contributed by atoms with Gasteiger partial charge < -0.3 is 50.0 Å². The third-order valence-electron chi connectivity index (χ3n) is 10.3. The number of piperazine rings is 2. The lowest BCUT2D eigenvalue weighted by Crippen LogP contribution is -2.78. The zero-order valence-electron chi connectivity index (χ0n) is 36.5. The molecule has 0 radical (unpaired) electrons. The van der Waals surface area contributed by atoms with Gasteiger partial charge in [-0.1, -0.05) is 16.3 Å². The van der Waals surface area contributed by atoms with Crippen LogP contribution in [0.5, 0.6) is 0 Å². The number of aromatic nitrogens is 9. The first-order chi connectivity index (χ1) is 30.6. The van der Waals surface area contributed by atoms with Crippen LogP contribution < -0.4 is 37.3 Å². The van der Waals surface area contributed by atoms with Gasteiger partial charge in [0.1, 0.15) is 19.2 Å². The Morgan fingerprint density at radius 2 is 1.52 bits per heavy atom. The number of anilines is 3. The fourth-order valence-corrected chi connectivity index (χ4v) is 7.03. The van der Waals surface area contributed by atoms with Crippen molar-refractivity contribution in [2.24, 2.45) is 11.5 Å². The molecule has 3 aromatic rings. The first kappa shape index (κ1) is 48.3. The molecule has 10 N–H and O–H groups in total. The molecule has 2 amide bonds. The Morgan fingerprint density at radius 3 is 2.17 bits per heavy atom. The number of amides is 2. The summed E-state index contributed by atoms with van der Waals surface area (Å²) < 4.78 is 19.7. The number of quaternary nitrogens is 1. The van der Waals surface area contributed by atoms with Gasteiger partial charge in [0, 0.05) is 77.7 Å². The van der Waals surface area contributed by atoms with Crippen molar-refractivity contribution in [3.05, 3.63) is 23.8 Å². The van der Waals surface area contributed by atoms with Crippen molar-refractivity contribution in [1.29, 1.82) is 0 Å². The minimum Gasteiger partial charge on any atom is -0.393 e. The van der Waals surface area contributed by atoms with Crippen molar-refractivity contribution in [3.63, 3.8) is 0 Å². The van der Waals surface area contributed by atoms with E-state index in [1.165, 1.54) is 0 Å². The molecule has 1 unspecified atom stereocenters. The Bertz CT molecular complexity index is 1900. The fourth-order valence-electron chi connectivity index (χ4n) is 7.03. The van der Waals surface area contributed by atoms with E-state index >= 15 is 0 Å². The molecule has 0 bridgehead atoms. The number of hydrogen-bond acceptors (Lipinski definition) is 16. The summed E-state index contributed by atoms with van der Waals surface area (Å²) in [5.41, 5.74) is 16.3. The lowest BCUT2D eigenvalue weighted by Gasteiger charge is -2.37. The number of aliphatic hydroxyl groups is 1. The van der Waals surface area contributed by atoms with E-state index in [1.54, 1.807) is 28.7 Å². The van der Waals surface area contributed by atoms with Crippen molar-refractivity contribution in [2.45, 2.75) is 64.1 Å². The van der Waals surface area contributed by atoms with E-state index in [0.29, 0.717) is 141 Å². The average Bonchev–Trinajstić information content (AvgIpc) is 3.94. The summed E-state index contributed by atoms with van der Waals surface area (Å²) in [6.45, 7) is 9.88. The van der Waals surface area contributed by atoms with Crippen LogP contribution in [0.3, 0.4) is 0 Å². The number of terminal acetylenes is 1. The topological polar surface area (TPSA) is 301 Å². The van der Waals surface area contributed by atoms with Crippen molar-refractivity contribution in [1.82, 2.24) is 54.7 Å². The van der Waals surface area contributed by atoms with Crippen LogP contribution in [0.1, 0.15) is 50.0 Å². The second-order valence-corrected chi connectivity index (χ2v) is 15.3. The maximum absolute atomic E-state index is 14.0. The van der Waals surface area contributed by atoms with Crippen LogP contribution in [0.15, 0.2) is 12.4 Å². The maximum atomic E-state index is 14.0. The zero-order valence-corrected chi connectivity index (χ0v) is 36.5. The monoisotopic (exact) mass is 883 g/mol. The number of hydrogen-bond donors (Lipinski definition) is 6. The molecule has 2 atom stereocenters. The predicted molar refractivity (Wildman–Crippen MR) is 231 cm³/mol. The number of nitrogens with two attached hydrogens (primary N) is 2. The number of unbranched alkanes of at least 4 members (excludes halogenated alkanes) is 1. The van der Waals surface area contributed by atoms with E-state index in [9.17, 15) is 14.7 Å². The summed E-state index contributed by atoms with van der Waals surface area (Å²) in [6, 6.07) is -0.507. The molecule has 0 aliphatic carbocycles. The van der Waals surface area contributed by atoms with E-state index in [1.807, 2.05) is 9.80 Å². The molecule has 2 aliphatic rings. The third kappa shape index (κ3) is 16.2. The Morgan fingerprint density at radius 1 is 0.873 bits per heavy atom. The number of carbonyl (C=O) groups is 2. The van der Waals surface area contributed by atoms with Gasteiger partial charge in [-0.25, -0.2) is 9.36 Å². The van der Waals surface area contributed by atoms with Gasteiger partial charge in [-0.05, 0) is 39.0 Å². The smallest absolute Gasteiger partial charge is 0.338 e. The van der Waals surface area contributed by atoms with Crippen molar-refractivity contribution < 1.29 is 39.6 Å². The van der Waals surface area contributed by atoms with Gasteiger partial charge in [-0.2, -0.15) is 15.0 Å². The number of nitrogens with one attached hydrogen (secondary N) is 2. The van der Waals surface area contributed by atoms with E-state index in [0.717, 1.165) is 31.5 Å². The highest BCUT2D eigenvalue weighted by atomic mass is 16.5. The van der Waals surface area contributed by atoms with Crippen LogP contribution in [0.4, 0.5) is 17.8 Å². The molecule has 2 fully saturated rings. The number of aryl methyl sites for hydroxylation is 1. The molecular formula is C39H66N18O6+2. The number of rotatable bonds is 27. The molecule has 346 valence electrons. The van der Waals surface area contributed by atoms with Gasteiger partial charge in [-0.15, -0.1) is 16.6 Å². The van der Waals surface area contributed by atoms with Gasteiger partial charge in [-0.3, -0.25) is 26.0 Å². The second-order valence-electron chi connectivity index (χ2n) is 15.3. The van der Waals surface area contributed by atoms with Crippen molar-refractivity contribution >= 4 is 35.6 Å². The molecule has 5 heterocycles. The van der Waals surface area contributed by atoms with Gasteiger partial charge >= 0.3 is 5.96 Å². The van der Waals surface area contributed by atoms with Gasteiger partial charge in [0.25, 0.3) is 0 Å². The molecular weight excluding hydrogens is 817 g/mol. The van der Waals surface area contributed by atoms with E-state index in [-0.39, 0.29) is 30.9 Å². The molecule has 2 saturated heterocycles. The van der Waals surface area contributed by atoms with Crippen molar-refractivity contribution in [3.8, 4) is 12.3 Å². The Kier molecular flexibility index (Phi) is 19.9. The summed E-state index contributed by atoms with van der Waals surface area (Å²) >= 11 is 0. The molecule has 0 saturated carbocycles. The largest absolute Gasteiger partial charge is 0.393 e. The van der Waals surface area contributed by atoms with E-state index < -0.39 is 12.1 Å². The average molecular weight is 883 g/mol.